The van der Waals surface area contributed by atoms with E-state index in [0.717, 1.165) is 16.7 Å². The van der Waals surface area contributed by atoms with Crippen LogP contribution in [0.25, 0.3) is 0 Å². The number of aliphatic hydroxyl groups excluding tert-OH is 1. The maximum Gasteiger partial charge on any atom is 0.0762 e. The zero-order valence-corrected chi connectivity index (χ0v) is 12.2. The molecular weight excluding hydrogens is 240 g/mol. The molecule has 1 unspecified atom stereocenters. The van der Waals surface area contributed by atoms with Gasteiger partial charge in [-0.2, -0.15) is 0 Å². The highest BCUT2D eigenvalue weighted by Gasteiger charge is 2.20. The van der Waals surface area contributed by atoms with Crippen LogP contribution in [-0.4, -0.2) is 10.4 Å². The van der Waals surface area contributed by atoms with Crippen molar-refractivity contribution in [2.75, 3.05) is 0 Å². The van der Waals surface area contributed by atoms with Crippen molar-refractivity contribution in [2.45, 2.75) is 62.2 Å². The Balaban J connectivity index is 1.92. The van der Waals surface area contributed by atoms with Crippen LogP contribution >= 0.6 is 11.8 Å². The molecular formula is C16H24OS. The van der Waals surface area contributed by atoms with Gasteiger partial charge in [0, 0.05) is 10.1 Å². The third kappa shape index (κ3) is 3.76. The van der Waals surface area contributed by atoms with Crippen LogP contribution in [0.15, 0.2) is 29.2 Å². The largest absolute Gasteiger partial charge is 0.389 e. The lowest BCUT2D eigenvalue weighted by molar-refractivity contribution is 0.199. The fraction of sp³-hybridized carbons (Fsp3) is 0.625. The van der Waals surface area contributed by atoms with Crippen molar-refractivity contribution in [3.8, 4) is 0 Å². The lowest BCUT2D eigenvalue weighted by Crippen LogP contribution is -2.15. The van der Waals surface area contributed by atoms with Crippen LogP contribution in [0.4, 0.5) is 0 Å². The highest BCUT2D eigenvalue weighted by molar-refractivity contribution is 8.00. The van der Waals surface area contributed by atoms with E-state index in [9.17, 15) is 5.11 Å². The molecule has 0 spiro atoms. The van der Waals surface area contributed by atoms with Crippen LogP contribution in [0.5, 0.6) is 0 Å². The van der Waals surface area contributed by atoms with Crippen LogP contribution in [0, 0.1) is 5.92 Å². The van der Waals surface area contributed by atoms with Gasteiger partial charge >= 0.3 is 0 Å². The zero-order valence-electron chi connectivity index (χ0n) is 11.4. The molecule has 1 aliphatic rings. The number of aliphatic hydroxyl groups is 1. The third-order valence-electron chi connectivity index (χ3n) is 4.01. The summed E-state index contributed by atoms with van der Waals surface area (Å²) in [6.45, 7) is 4.14. The normalized spacial score (nSPS) is 25.9. The molecule has 1 aromatic rings. The van der Waals surface area contributed by atoms with Gasteiger partial charge in [0.15, 0.2) is 0 Å². The molecule has 18 heavy (non-hydrogen) atoms. The van der Waals surface area contributed by atoms with Gasteiger partial charge in [-0.1, -0.05) is 25.5 Å². The van der Waals surface area contributed by atoms with Gasteiger partial charge in [0.25, 0.3) is 0 Å². The van der Waals surface area contributed by atoms with Crippen molar-refractivity contribution in [3.05, 3.63) is 29.8 Å². The van der Waals surface area contributed by atoms with Crippen molar-refractivity contribution in [3.63, 3.8) is 0 Å². The lowest BCUT2D eigenvalue weighted by atomic mass is 9.87. The molecule has 0 bridgehead atoms. The fourth-order valence-electron chi connectivity index (χ4n) is 2.70. The van der Waals surface area contributed by atoms with Crippen molar-refractivity contribution in [2.24, 2.45) is 5.92 Å². The van der Waals surface area contributed by atoms with Gasteiger partial charge in [0.2, 0.25) is 0 Å². The molecule has 1 saturated carbocycles. The second-order valence-corrected chi connectivity index (χ2v) is 6.79. The summed E-state index contributed by atoms with van der Waals surface area (Å²) >= 11 is 2.00. The van der Waals surface area contributed by atoms with Gasteiger partial charge in [0.1, 0.15) is 0 Å². The molecule has 1 atom stereocenters. The summed E-state index contributed by atoms with van der Waals surface area (Å²) in [6.07, 6.45) is 6.47. The van der Waals surface area contributed by atoms with Crippen LogP contribution < -0.4 is 0 Å². The minimum atomic E-state index is -0.360. The van der Waals surface area contributed by atoms with Crippen molar-refractivity contribution >= 4 is 11.8 Å². The standard InChI is InChI=1S/C16H24OS/c1-3-13-7-9-15(10-8-13)18-16-6-4-5-14(11-16)12(2)17/h4-6,11-13,15,17H,3,7-10H2,1-2H3. The number of benzene rings is 1. The van der Waals surface area contributed by atoms with Gasteiger partial charge in [-0.05, 0) is 56.2 Å². The summed E-state index contributed by atoms with van der Waals surface area (Å²) < 4.78 is 0. The predicted octanol–water partition coefficient (Wildman–Crippen LogP) is 4.80. The van der Waals surface area contributed by atoms with Gasteiger partial charge in [-0.15, -0.1) is 11.8 Å². The van der Waals surface area contributed by atoms with E-state index in [0.29, 0.717) is 0 Å². The Bertz CT molecular complexity index is 367. The average Bonchev–Trinajstić information content (AvgIpc) is 2.40. The van der Waals surface area contributed by atoms with Crippen LogP contribution in [-0.2, 0) is 0 Å². The minimum absolute atomic E-state index is 0.360. The fourth-order valence-corrected chi connectivity index (χ4v) is 3.95. The summed E-state index contributed by atoms with van der Waals surface area (Å²) in [5.74, 6) is 0.964. The summed E-state index contributed by atoms with van der Waals surface area (Å²) in [6, 6.07) is 8.37. The molecule has 1 fully saturated rings. The van der Waals surface area contributed by atoms with E-state index >= 15 is 0 Å². The maximum absolute atomic E-state index is 9.61. The first-order valence-electron chi connectivity index (χ1n) is 7.13. The van der Waals surface area contributed by atoms with E-state index < -0.39 is 0 Å². The Morgan fingerprint density at radius 3 is 2.61 bits per heavy atom. The molecule has 2 rings (SSSR count). The molecule has 1 nitrogen and oxygen atoms in total. The van der Waals surface area contributed by atoms with Crippen molar-refractivity contribution < 1.29 is 5.11 Å². The Kier molecular flexibility index (Phi) is 5.13. The average molecular weight is 264 g/mol. The minimum Gasteiger partial charge on any atom is -0.389 e. The number of thioether (sulfide) groups is 1. The highest BCUT2D eigenvalue weighted by atomic mass is 32.2. The summed E-state index contributed by atoms with van der Waals surface area (Å²) in [7, 11) is 0. The Hall–Kier alpha value is -0.470. The molecule has 0 radical (unpaired) electrons. The SMILES string of the molecule is CCC1CCC(Sc2cccc(C(C)O)c2)CC1. The predicted molar refractivity (Wildman–Crippen MR) is 79.0 cm³/mol. The van der Waals surface area contributed by atoms with Crippen molar-refractivity contribution in [1.29, 1.82) is 0 Å². The third-order valence-corrected chi connectivity index (χ3v) is 5.35. The molecule has 0 saturated heterocycles. The summed E-state index contributed by atoms with van der Waals surface area (Å²) in [5.41, 5.74) is 1.03. The number of hydrogen-bond donors (Lipinski definition) is 1. The first-order chi connectivity index (χ1) is 8.69. The summed E-state index contributed by atoms with van der Waals surface area (Å²) in [5, 5.41) is 10.4. The van der Waals surface area contributed by atoms with Crippen LogP contribution in [0.2, 0.25) is 0 Å². The lowest BCUT2D eigenvalue weighted by Gasteiger charge is -2.27. The van der Waals surface area contributed by atoms with E-state index in [1.165, 1.54) is 37.0 Å². The quantitative estimate of drug-likeness (QED) is 0.843. The van der Waals surface area contributed by atoms with Crippen LogP contribution in [0.3, 0.4) is 0 Å². The molecule has 0 heterocycles. The molecule has 0 amide bonds. The van der Waals surface area contributed by atoms with Gasteiger partial charge in [0.05, 0.1) is 6.10 Å². The second kappa shape index (κ2) is 6.63. The van der Waals surface area contributed by atoms with E-state index in [1.54, 1.807) is 0 Å². The maximum atomic E-state index is 9.61. The van der Waals surface area contributed by atoms with Crippen LogP contribution in [0.1, 0.15) is 57.6 Å². The molecule has 1 aliphatic carbocycles. The van der Waals surface area contributed by atoms with Crippen molar-refractivity contribution in [1.82, 2.24) is 0 Å². The second-order valence-electron chi connectivity index (χ2n) is 5.42. The van der Waals surface area contributed by atoms with Gasteiger partial charge in [-0.3, -0.25) is 0 Å². The van der Waals surface area contributed by atoms with Gasteiger partial charge in [-0.25, -0.2) is 0 Å². The Morgan fingerprint density at radius 1 is 1.28 bits per heavy atom. The highest BCUT2D eigenvalue weighted by Crippen LogP contribution is 2.37. The molecule has 1 N–H and O–H groups in total. The Morgan fingerprint density at radius 2 is 2.00 bits per heavy atom. The first kappa shape index (κ1) is 14.0. The van der Waals surface area contributed by atoms with E-state index in [2.05, 4.69) is 25.1 Å². The van der Waals surface area contributed by atoms with Gasteiger partial charge < -0.3 is 5.11 Å². The molecule has 1 aromatic carbocycles. The number of rotatable bonds is 4. The number of hydrogen-bond acceptors (Lipinski definition) is 2. The smallest absolute Gasteiger partial charge is 0.0762 e. The molecule has 0 aliphatic heterocycles. The van der Waals surface area contributed by atoms with E-state index in [1.807, 2.05) is 24.8 Å². The van der Waals surface area contributed by atoms with E-state index in [-0.39, 0.29) is 6.10 Å². The first-order valence-corrected chi connectivity index (χ1v) is 8.01. The molecule has 100 valence electrons. The zero-order chi connectivity index (χ0) is 13.0. The topological polar surface area (TPSA) is 20.2 Å². The monoisotopic (exact) mass is 264 g/mol. The summed E-state index contributed by atoms with van der Waals surface area (Å²) in [4.78, 5) is 1.31. The Labute approximate surface area is 115 Å². The molecule has 0 aromatic heterocycles. The molecule has 2 heteroatoms. The van der Waals surface area contributed by atoms with E-state index in [4.69, 9.17) is 0 Å².